The lowest BCUT2D eigenvalue weighted by atomic mass is 10.2. The Balaban J connectivity index is 2.02. The van der Waals surface area contributed by atoms with Gasteiger partial charge in [-0.1, -0.05) is 0 Å². The zero-order chi connectivity index (χ0) is 21.4. The van der Waals surface area contributed by atoms with Crippen LogP contribution in [0, 0.1) is 0 Å². The van der Waals surface area contributed by atoms with Gasteiger partial charge in [-0.25, -0.2) is 8.42 Å². The average molecular weight is 430 g/mol. The van der Waals surface area contributed by atoms with Crippen LogP contribution in [-0.2, 0) is 19.6 Å². The summed E-state index contributed by atoms with van der Waals surface area (Å²) in [7, 11) is -0.732. The minimum Gasteiger partial charge on any atom is -0.493 e. The van der Waals surface area contributed by atoms with Crippen LogP contribution in [-0.4, -0.2) is 85.1 Å². The number of nitrogens with zero attached hydrogens (tertiary/aromatic N) is 2. The molecule has 1 aliphatic heterocycles. The third-order valence-electron chi connectivity index (χ3n) is 4.76. The molecule has 29 heavy (non-hydrogen) atoms. The third kappa shape index (κ3) is 6.48. The molecular weight excluding hydrogens is 398 g/mol. The summed E-state index contributed by atoms with van der Waals surface area (Å²) in [4.78, 5) is 14.9. The highest BCUT2D eigenvalue weighted by Gasteiger charge is 2.29. The molecule has 0 saturated carbocycles. The van der Waals surface area contributed by atoms with E-state index in [1.165, 1.54) is 14.2 Å². The van der Waals surface area contributed by atoms with Crippen LogP contribution >= 0.6 is 0 Å². The van der Waals surface area contributed by atoms with Gasteiger partial charge in [0, 0.05) is 25.7 Å². The molecule has 1 aromatic rings. The van der Waals surface area contributed by atoms with Gasteiger partial charge < -0.3 is 19.5 Å². The van der Waals surface area contributed by atoms with Crippen molar-refractivity contribution in [3.63, 3.8) is 0 Å². The Labute approximate surface area is 173 Å². The van der Waals surface area contributed by atoms with Crippen molar-refractivity contribution in [3.8, 4) is 11.5 Å². The first-order valence-corrected chi connectivity index (χ1v) is 11.4. The standard InChI is InChI=1S/C19H31N3O6S/c1-15(19(23)20-8-5-9-21-10-12-28-13-11-21)22(29(4,24)25)16-6-7-17(26-2)18(14-16)27-3/h6-7,14-15H,5,8-13H2,1-4H3,(H,20,23). The lowest BCUT2D eigenvalue weighted by Crippen LogP contribution is -2.48. The van der Waals surface area contributed by atoms with Gasteiger partial charge in [-0.2, -0.15) is 0 Å². The van der Waals surface area contributed by atoms with Gasteiger partial charge in [0.1, 0.15) is 6.04 Å². The number of rotatable bonds is 10. The van der Waals surface area contributed by atoms with Crippen molar-refractivity contribution < 1.29 is 27.4 Å². The summed E-state index contributed by atoms with van der Waals surface area (Å²) in [6, 6.07) is 3.83. The van der Waals surface area contributed by atoms with Crippen molar-refractivity contribution in [3.05, 3.63) is 18.2 Å². The molecule has 1 fully saturated rings. The van der Waals surface area contributed by atoms with Gasteiger partial charge in [0.25, 0.3) is 0 Å². The summed E-state index contributed by atoms with van der Waals surface area (Å²) < 4.78 is 41.7. The minimum atomic E-state index is -3.70. The van der Waals surface area contributed by atoms with E-state index in [9.17, 15) is 13.2 Å². The van der Waals surface area contributed by atoms with E-state index in [-0.39, 0.29) is 5.91 Å². The highest BCUT2D eigenvalue weighted by atomic mass is 32.2. The van der Waals surface area contributed by atoms with Crippen molar-refractivity contribution in [1.82, 2.24) is 10.2 Å². The fourth-order valence-corrected chi connectivity index (χ4v) is 4.42. The molecule has 0 aliphatic carbocycles. The molecule has 2 rings (SSSR count). The van der Waals surface area contributed by atoms with Crippen molar-refractivity contribution in [1.29, 1.82) is 0 Å². The second kappa shape index (κ2) is 10.7. The normalized spacial score (nSPS) is 16.1. The minimum absolute atomic E-state index is 0.334. The number of benzene rings is 1. The summed E-state index contributed by atoms with van der Waals surface area (Å²) in [5.41, 5.74) is 0.334. The van der Waals surface area contributed by atoms with Gasteiger partial charge in [-0.05, 0) is 32.0 Å². The first-order chi connectivity index (χ1) is 13.8. The van der Waals surface area contributed by atoms with E-state index in [0.29, 0.717) is 23.7 Å². The molecule has 1 aromatic carbocycles. The van der Waals surface area contributed by atoms with Crippen LogP contribution in [0.15, 0.2) is 18.2 Å². The summed E-state index contributed by atoms with van der Waals surface area (Å²) in [6.45, 7) is 6.16. The van der Waals surface area contributed by atoms with E-state index in [4.69, 9.17) is 14.2 Å². The molecule has 164 valence electrons. The molecule has 10 heteroatoms. The van der Waals surface area contributed by atoms with Gasteiger partial charge in [0.05, 0.1) is 39.4 Å². The number of hydrogen-bond donors (Lipinski definition) is 1. The van der Waals surface area contributed by atoms with Crippen LogP contribution in [0.25, 0.3) is 0 Å². The highest BCUT2D eigenvalue weighted by Crippen LogP contribution is 2.33. The number of hydrogen-bond acceptors (Lipinski definition) is 7. The molecule has 0 spiro atoms. The Morgan fingerprint density at radius 2 is 1.90 bits per heavy atom. The Morgan fingerprint density at radius 1 is 1.24 bits per heavy atom. The van der Waals surface area contributed by atoms with Crippen molar-refractivity contribution in [2.75, 3.05) is 64.2 Å². The molecule has 0 radical (unpaired) electrons. The van der Waals surface area contributed by atoms with Crippen molar-refractivity contribution in [2.45, 2.75) is 19.4 Å². The van der Waals surface area contributed by atoms with E-state index < -0.39 is 16.1 Å². The number of carbonyl (C=O) groups excluding carboxylic acids is 1. The number of nitrogens with one attached hydrogen (secondary N) is 1. The van der Waals surface area contributed by atoms with Gasteiger partial charge in [-0.15, -0.1) is 0 Å². The van der Waals surface area contributed by atoms with E-state index in [0.717, 1.165) is 49.8 Å². The fraction of sp³-hybridized carbons (Fsp3) is 0.632. The van der Waals surface area contributed by atoms with Crippen LogP contribution in [0.4, 0.5) is 5.69 Å². The van der Waals surface area contributed by atoms with Crippen LogP contribution in [0.5, 0.6) is 11.5 Å². The van der Waals surface area contributed by atoms with E-state index in [1.54, 1.807) is 25.1 Å². The van der Waals surface area contributed by atoms with Gasteiger partial charge in [-0.3, -0.25) is 14.0 Å². The van der Waals surface area contributed by atoms with Gasteiger partial charge >= 0.3 is 0 Å². The maximum Gasteiger partial charge on any atom is 0.243 e. The number of morpholine rings is 1. The van der Waals surface area contributed by atoms with Crippen LogP contribution < -0.4 is 19.1 Å². The van der Waals surface area contributed by atoms with Crippen LogP contribution in [0.1, 0.15) is 13.3 Å². The number of ether oxygens (including phenoxy) is 3. The van der Waals surface area contributed by atoms with Gasteiger partial charge in [0.2, 0.25) is 15.9 Å². The Bertz CT molecular complexity index is 780. The average Bonchev–Trinajstić information content (AvgIpc) is 2.70. The summed E-state index contributed by atoms with van der Waals surface area (Å²) in [6.07, 6.45) is 1.86. The number of sulfonamides is 1. The summed E-state index contributed by atoms with van der Waals surface area (Å²) in [5.74, 6) is 0.508. The number of carbonyl (C=O) groups is 1. The fourth-order valence-electron chi connectivity index (χ4n) is 3.26. The first kappa shape index (κ1) is 23.2. The SMILES string of the molecule is COc1ccc(N(C(C)C(=O)NCCCN2CCOCC2)S(C)(=O)=O)cc1OC. The predicted octanol–water partition coefficient (Wildman–Crippen LogP) is 0.697. The smallest absolute Gasteiger partial charge is 0.243 e. The lowest BCUT2D eigenvalue weighted by Gasteiger charge is -2.29. The second-order valence-electron chi connectivity index (χ2n) is 6.87. The molecule has 1 atom stereocenters. The lowest BCUT2D eigenvalue weighted by molar-refractivity contribution is -0.121. The maximum absolute atomic E-state index is 12.6. The van der Waals surface area contributed by atoms with E-state index in [1.807, 2.05) is 0 Å². The van der Waals surface area contributed by atoms with Crippen molar-refractivity contribution in [2.24, 2.45) is 0 Å². The number of methoxy groups -OCH3 is 2. The molecule has 9 nitrogen and oxygen atoms in total. The molecule has 1 saturated heterocycles. The zero-order valence-electron chi connectivity index (χ0n) is 17.5. The quantitative estimate of drug-likeness (QED) is 0.547. The number of anilines is 1. The topological polar surface area (TPSA) is 97.4 Å². The van der Waals surface area contributed by atoms with E-state index >= 15 is 0 Å². The predicted molar refractivity (Wildman–Crippen MR) is 111 cm³/mol. The monoisotopic (exact) mass is 429 g/mol. The largest absolute Gasteiger partial charge is 0.493 e. The Hall–Kier alpha value is -2.04. The molecule has 1 aliphatic rings. The molecular formula is C19H31N3O6S. The second-order valence-corrected chi connectivity index (χ2v) is 8.73. The maximum atomic E-state index is 12.6. The third-order valence-corrected chi connectivity index (χ3v) is 6.01. The molecule has 0 aromatic heterocycles. The Morgan fingerprint density at radius 3 is 2.48 bits per heavy atom. The zero-order valence-corrected chi connectivity index (χ0v) is 18.3. The molecule has 1 unspecified atom stereocenters. The summed E-state index contributed by atoms with van der Waals surface area (Å²) in [5, 5.41) is 2.84. The molecule has 1 N–H and O–H groups in total. The summed E-state index contributed by atoms with van der Waals surface area (Å²) >= 11 is 0. The highest BCUT2D eigenvalue weighted by molar-refractivity contribution is 7.92. The molecule has 1 heterocycles. The van der Waals surface area contributed by atoms with Crippen LogP contribution in [0.2, 0.25) is 0 Å². The Kier molecular flexibility index (Phi) is 8.54. The molecule has 0 bridgehead atoms. The first-order valence-electron chi connectivity index (χ1n) is 9.57. The van der Waals surface area contributed by atoms with Crippen LogP contribution in [0.3, 0.4) is 0 Å². The van der Waals surface area contributed by atoms with E-state index in [2.05, 4.69) is 10.2 Å². The van der Waals surface area contributed by atoms with Crippen molar-refractivity contribution >= 4 is 21.6 Å². The number of amides is 1. The molecule has 1 amide bonds. The van der Waals surface area contributed by atoms with Gasteiger partial charge in [0.15, 0.2) is 11.5 Å².